The third kappa shape index (κ3) is 2.09. The number of carbonyl (C=O) groups excluding carboxylic acids is 1. The van der Waals surface area contributed by atoms with Crippen molar-refractivity contribution in [1.82, 2.24) is 0 Å². The molecule has 1 aromatic carbocycles. The molecule has 0 aromatic heterocycles. The lowest BCUT2D eigenvalue weighted by Crippen LogP contribution is -2.17. The number of sulfone groups is 1. The Hall–Kier alpha value is -1.36. The van der Waals surface area contributed by atoms with E-state index in [1.165, 1.54) is 0 Å². The molecule has 1 aromatic rings. The molecular formula is C11H14O4S. The molecule has 0 aliphatic rings. The zero-order valence-corrected chi connectivity index (χ0v) is 10.5. The van der Waals surface area contributed by atoms with Gasteiger partial charge in [0.15, 0.2) is 0 Å². The molecule has 0 fully saturated rings. The van der Waals surface area contributed by atoms with E-state index in [2.05, 4.69) is 4.74 Å². The van der Waals surface area contributed by atoms with Crippen molar-refractivity contribution in [3.8, 4) is 0 Å². The highest BCUT2D eigenvalue weighted by Gasteiger charge is 2.29. The van der Waals surface area contributed by atoms with Crippen LogP contribution in [-0.2, 0) is 14.6 Å². The van der Waals surface area contributed by atoms with E-state index in [9.17, 15) is 13.2 Å². The van der Waals surface area contributed by atoms with Gasteiger partial charge in [0.2, 0.25) is 0 Å². The van der Waals surface area contributed by atoms with Crippen LogP contribution in [0.5, 0.6) is 0 Å². The van der Waals surface area contributed by atoms with Gasteiger partial charge in [0, 0.05) is 0 Å². The molecule has 0 unspecified atom stereocenters. The zero-order chi connectivity index (χ0) is 12.5. The molecule has 0 atom stereocenters. The van der Waals surface area contributed by atoms with E-state index in [0.29, 0.717) is 11.1 Å². The molecule has 4 nitrogen and oxygen atoms in total. The molecule has 0 bridgehead atoms. The van der Waals surface area contributed by atoms with E-state index >= 15 is 0 Å². The highest BCUT2D eigenvalue weighted by Crippen LogP contribution is 2.23. The predicted octanol–water partition coefficient (Wildman–Crippen LogP) is 2.15. The second-order valence-electron chi connectivity index (χ2n) is 3.69. The van der Waals surface area contributed by atoms with E-state index in [1.807, 2.05) is 6.92 Å². The lowest BCUT2D eigenvalue weighted by molar-refractivity contribution is 0.197. The largest absolute Gasteiger partial charge is 0.457 e. The molecule has 0 saturated heterocycles. The van der Waals surface area contributed by atoms with Crippen molar-refractivity contribution in [2.24, 2.45) is 0 Å². The zero-order valence-electron chi connectivity index (χ0n) is 9.70. The van der Waals surface area contributed by atoms with E-state index in [1.54, 1.807) is 26.0 Å². The van der Waals surface area contributed by atoms with Crippen LogP contribution in [-0.4, -0.2) is 20.8 Å². The average Bonchev–Trinajstić information content (AvgIpc) is 2.14. The van der Waals surface area contributed by atoms with Gasteiger partial charge in [-0.25, -0.2) is 13.2 Å². The first-order valence-electron chi connectivity index (χ1n) is 4.71. The number of ether oxygens (including phenoxy) is 1. The van der Waals surface area contributed by atoms with Crippen molar-refractivity contribution in [3.05, 3.63) is 28.8 Å². The van der Waals surface area contributed by atoms with Crippen LogP contribution in [0.2, 0.25) is 0 Å². The molecule has 0 aliphatic carbocycles. The fourth-order valence-electron chi connectivity index (χ4n) is 1.78. The third-order valence-electron chi connectivity index (χ3n) is 2.26. The Bertz CT molecular complexity index is 506. The lowest BCUT2D eigenvalue weighted by atomic mass is 10.1. The first kappa shape index (κ1) is 12.7. The Morgan fingerprint density at radius 1 is 1.12 bits per heavy atom. The number of rotatable bonds is 1. The molecule has 5 heteroatoms. The molecule has 88 valence electrons. The van der Waals surface area contributed by atoms with E-state index in [0.717, 1.165) is 12.7 Å². The highest BCUT2D eigenvalue weighted by atomic mass is 32.2. The summed E-state index contributed by atoms with van der Waals surface area (Å²) in [5.74, 6) is 0. The number of hydrogen-bond acceptors (Lipinski definition) is 4. The van der Waals surface area contributed by atoms with Crippen molar-refractivity contribution in [2.45, 2.75) is 25.7 Å². The molecule has 0 radical (unpaired) electrons. The average molecular weight is 242 g/mol. The Morgan fingerprint density at radius 2 is 1.56 bits per heavy atom. The van der Waals surface area contributed by atoms with Crippen LogP contribution >= 0.6 is 0 Å². The minimum absolute atomic E-state index is 0.0463. The standard InChI is InChI=1S/C11H14O4S/c1-7-5-8(2)10(9(3)6-7)16(13,14)11(12)15-4/h5-6H,1-4H3. The molecule has 0 saturated carbocycles. The van der Waals surface area contributed by atoms with Crippen LogP contribution in [0.15, 0.2) is 17.0 Å². The van der Waals surface area contributed by atoms with Crippen LogP contribution in [0.1, 0.15) is 16.7 Å². The third-order valence-corrected chi connectivity index (χ3v) is 4.05. The fraction of sp³-hybridized carbons (Fsp3) is 0.364. The van der Waals surface area contributed by atoms with Crippen LogP contribution in [0.4, 0.5) is 4.79 Å². The summed E-state index contributed by atoms with van der Waals surface area (Å²) in [6, 6.07) is 3.45. The number of aryl methyl sites for hydroxylation is 3. The summed E-state index contributed by atoms with van der Waals surface area (Å²) in [5.41, 5.74) is 2.07. The number of benzene rings is 1. The van der Waals surface area contributed by atoms with Gasteiger partial charge in [0.25, 0.3) is 9.84 Å². The molecule has 1 rings (SSSR count). The smallest absolute Gasteiger partial charge is 0.429 e. The molecule has 0 amide bonds. The number of hydrogen-bond donors (Lipinski definition) is 0. The molecule has 0 aliphatic heterocycles. The van der Waals surface area contributed by atoms with Crippen molar-refractivity contribution in [1.29, 1.82) is 0 Å². The molecule has 0 N–H and O–H groups in total. The maximum atomic E-state index is 11.8. The summed E-state index contributed by atoms with van der Waals surface area (Å²) >= 11 is 0. The minimum atomic E-state index is -4.03. The molecular weight excluding hydrogens is 228 g/mol. The number of methoxy groups -OCH3 is 1. The first-order valence-corrected chi connectivity index (χ1v) is 6.20. The summed E-state index contributed by atoms with van der Waals surface area (Å²) in [6.07, 6.45) is 0. The summed E-state index contributed by atoms with van der Waals surface area (Å²) in [5, 5.41) is -1.22. The van der Waals surface area contributed by atoms with Crippen molar-refractivity contribution in [3.63, 3.8) is 0 Å². The topological polar surface area (TPSA) is 60.4 Å². The summed E-state index contributed by atoms with van der Waals surface area (Å²) < 4.78 is 28.0. The summed E-state index contributed by atoms with van der Waals surface area (Å²) in [4.78, 5) is 11.3. The minimum Gasteiger partial charge on any atom is -0.457 e. The van der Waals surface area contributed by atoms with Crippen molar-refractivity contribution < 1.29 is 17.9 Å². The van der Waals surface area contributed by atoms with Crippen LogP contribution in [0, 0.1) is 20.8 Å². The predicted molar refractivity (Wildman–Crippen MR) is 60.2 cm³/mol. The van der Waals surface area contributed by atoms with Crippen LogP contribution in [0.25, 0.3) is 0 Å². The van der Waals surface area contributed by atoms with Crippen molar-refractivity contribution >= 4 is 15.1 Å². The quantitative estimate of drug-likeness (QED) is 0.708. The Balaban J connectivity index is 3.52. The van der Waals surface area contributed by atoms with Crippen LogP contribution in [0.3, 0.4) is 0 Å². The molecule has 0 heterocycles. The second kappa shape index (κ2) is 4.25. The van der Waals surface area contributed by atoms with Gasteiger partial charge in [-0.15, -0.1) is 0 Å². The Morgan fingerprint density at radius 3 is 1.94 bits per heavy atom. The maximum absolute atomic E-state index is 11.8. The van der Waals surface area contributed by atoms with E-state index in [-0.39, 0.29) is 4.90 Å². The van der Waals surface area contributed by atoms with Gasteiger partial charge in [0.05, 0.1) is 12.0 Å². The molecule has 16 heavy (non-hydrogen) atoms. The second-order valence-corrected chi connectivity index (χ2v) is 5.43. The van der Waals surface area contributed by atoms with Gasteiger partial charge in [-0.2, -0.15) is 0 Å². The Labute approximate surface area is 95.2 Å². The Kier molecular flexibility index (Phi) is 3.38. The SMILES string of the molecule is COC(=O)S(=O)(=O)c1c(C)cc(C)cc1C. The lowest BCUT2D eigenvalue weighted by Gasteiger charge is -2.10. The summed E-state index contributed by atoms with van der Waals surface area (Å²) in [7, 11) is -2.97. The number of carbonyl (C=O) groups is 1. The van der Waals surface area contributed by atoms with Gasteiger partial charge in [0.1, 0.15) is 0 Å². The normalized spacial score (nSPS) is 11.2. The van der Waals surface area contributed by atoms with E-state index < -0.39 is 15.1 Å². The van der Waals surface area contributed by atoms with E-state index in [4.69, 9.17) is 0 Å². The van der Waals surface area contributed by atoms with Crippen LogP contribution < -0.4 is 0 Å². The first-order chi connectivity index (χ1) is 7.30. The maximum Gasteiger partial charge on any atom is 0.429 e. The van der Waals surface area contributed by atoms with Gasteiger partial charge in [-0.3, -0.25) is 0 Å². The fourth-order valence-corrected chi connectivity index (χ4v) is 3.14. The monoisotopic (exact) mass is 242 g/mol. The van der Waals surface area contributed by atoms with Gasteiger partial charge >= 0.3 is 5.30 Å². The van der Waals surface area contributed by atoms with Crippen molar-refractivity contribution in [2.75, 3.05) is 7.11 Å². The van der Waals surface area contributed by atoms with Gasteiger partial charge in [-0.1, -0.05) is 17.7 Å². The molecule has 0 spiro atoms. The van der Waals surface area contributed by atoms with Gasteiger partial charge in [-0.05, 0) is 31.9 Å². The summed E-state index contributed by atoms with van der Waals surface area (Å²) in [6.45, 7) is 5.19. The van der Waals surface area contributed by atoms with Gasteiger partial charge < -0.3 is 4.74 Å². The highest BCUT2D eigenvalue weighted by molar-refractivity contribution is 8.05.